The third-order valence-electron chi connectivity index (χ3n) is 3.70. The van der Waals surface area contributed by atoms with Crippen LogP contribution in [0, 0.1) is 0 Å². The minimum Gasteiger partial charge on any atom is -0.481 e. The first kappa shape index (κ1) is 20.7. The van der Waals surface area contributed by atoms with Gasteiger partial charge >= 0.3 is 11.9 Å². The number of carboxylic acids is 1. The van der Waals surface area contributed by atoms with E-state index in [0.717, 1.165) is 32.1 Å². The molecule has 0 aliphatic heterocycles. The molecule has 0 aromatic rings. The first-order valence-electron chi connectivity index (χ1n) is 8.68. The van der Waals surface area contributed by atoms with E-state index in [1.807, 2.05) is 0 Å². The molecule has 0 fully saturated rings. The predicted octanol–water partition coefficient (Wildman–Crippen LogP) is 4.87. The van der Waals surface area contributed by atoms with E-state index < -0.39 is 5.97 Å². The topological polar surface area (TPSA) is 63.6 Å². The van der Waals surface area contributed by atoms with E-state index in [1.165, 1.54) is 51.0 Å². The molecule has 1 N–H and O–H groups in total. The molecular weight excluding hydrogens is 280 g/mol. The lowest BCUT2D eigenvalue weighted by atomic mass is 10.0. The van der Waals surface area contributed by atoms with Gasteiger partial charge in [-0.05, 0) is 12.8 Å². The maximum absolute atomic E-state index is 10.8. The quantitative estimate of drug-likeness (QED) is 0.251. The molecule has 0 bridgehead atoms. The molecule has 0 aliphatic carbocycles. The Labute approximate surface area is 134 Å². The third kappa shape index (κ3) is 16.7. The SMILES string of the molecule is C=CC(=O)OCCCCCCCCCCCCCCC(=O)O. The monoisotopic (exact) mass is 312 g/mol. The highest BCUT2D eigenvalue weighted by molar-refractivity contribution is 5.81. The Balaban J connectivity index is 3.04. The zero-order valence-corrected chi connectivity index (χ0v) is 13.9. The second-order valence-corrected chi connectivity index (χ2v) is 5.76. The van der Waals surface area contributed by atoms with Gasteiger partial charge in [-0.2, -0.15) is 0 Å². The summed E-state index contributed by atoms with van der Waals surface area (Å²) in [5.41, 5.74) is 0. The van der Waals surface area contributed by atoms with Crippen molar-refractivity contribution in [3.63, 3.8) is 0 Å². The fourth-order valence-electron chi connectivity index (χ4n) is 2.38. The van der Waals surface area contributed by atoms with Crippen LogP contribution in [-0.2, 0) is 14.3 Å². The van der Waals surface area contributed by atoms with Crippen LogP contribution in [0.3, 0.4) is 0 Å². The van der Waals surface area contributed by atoms with Gasteiger partial charge < -0.3 is 9.84 Å². The molecule has 0 amide bonds. The van der Waals surface area contributed by atoms with Crippen molar-refractivity contribution in [2.75, 3.05) is 6.61 Å². The lowest BCUT2D eigenvalue weighted by molar-refractivity contribution is -0.138. The van der Waals surface area contributed by atoms with Crippen LogP contribution in [-0.4, -0.2) is 23.7 Å². The Hall–Kier alpha value is -1.32. The maximum atomic E-state index is 10.8. The number of ether oxygens (including phenoxy) is 1. The minimum atomic E-state index is -0.682. The van der Waals surface area contributed by atoms with Crippen LogP contribution in [0.5, 0.6) is 0 Å². The summed E-state index contributed by atoms with van der Waals surface area (Å²) in [6.45, 7) is 3.86. The summed E-state index contributed by atoms with van der Waals surface area (Å²) < 4.78 is 4.91. The Kier molecular flexibility index (Phi) is 15.1. The van der Waals surface area contributed by atoms with Gasteiger partial charge in [-0.15, -0.1) is 0 Å². The van der Waals surface area contributed by atoms with Gasteiger partial charge in [-0.1, -0.05) is 70.8 Å². The summed E-state index contributed by atoms with van der Waals surface area (Å²) in [5, 5.41) is 8.51. The Morgan fingerprint density at radius 3 is 1.59 bits per heavy atom. The molecule has 0 saturated carbocycles. The molecule has 0 atom stereocenters. The first-order chi connectivity index (χ1) is 10.7. The number of esters is 1. The molecule has 0 aliphatic rings. The summed E-state index contributed by atoms with van der Waals surface area (Å²) in [6, 6.07) is 0. The van der Waals surface area contributed by atoms with Gasteiger partial charge in [0.2, 0.25) is 0 Å². The number of aliphatic carboxylic acids is 1. The summed E-state index contributed by atoms with van der Waals surface area (Å²) >= 11 is 0. The molecule has 0 spiro atoms. The number of unbranched alkanes of at least 4 members (excludes halogenated alkanes) is 11. The third-order valence-corrected chi connectivity index (χ3v) is 3.70. The number of hydrogen-bond acceptors (Lipinski definition) is 3. The molecule has 0 radical (unpaired) electrons. The van der Waals surface area contributed by atoms with E-state index in [1.54, 1.807) is 0 Å². The second-order valence-electron chi connectivity index (χ2n) is 5.76. The number of carboxylic acid groups (broad SMARTS) is 1. The summed E-state index contributed by atoms with van der Waals surface area (Å²) in [4.78, 5) is 21.1. The molecule has 4 nitrogen and oxygen atoms in total. The summed E-state index contributed by atoms with van der Waals surface area (Å²) in [5.74, 6) is -1.01. The maximum Gasteiger partial charge on any atom is 0.330 e. The average Bonchev–Trinajstić information content (AvgIpc) is 2.50. The largest absolute Gasteiger partial charge is 0.481 e. The van der Waals surface area contributed by atoms with E-state index in [9.17, 15) is 9.59 Å². The minimum absolute atomic E-state index is 0.312. The van der Waals surface area contributed by atoms with Gasteiger partial charge in [0.05, 0.1) is 6.61 Å². The van der Waals surface area contributed by atoms with Crippen LogP contribution >= 0.6 is 0 Å². The summed E-state index contributed by atoms with van der Waals surface area (Å²) in [7, 11) is 0. The molecular formula is C18H32O4. The highest BCUT2D eigenvalue weighted by Crippen LogP contribution is 2.12. The molecule has 0 rings (SSSR count). The van der Waals surface area contributed by atoms with Gasteiger partial charge in [0.25, 0.3) is 0 Å². The van der Waals surface area contributed by atoms with Crippen molar-refractivity contribution in [3.05, 3.63) is 12.7 Å². The van der Waals surface area contributed by atoms with Crippen molar-refractivity contribution >= 4 is 11.9 Å². The van der Waals surface area contributed by atoms with E-state index in [4.69, 9.17) is 9.84 Å². The van der Waals surface area contributed by atoms with Crippen molar-refractivity contribution in [2.45, 2.75) is 83.5 Å². The molecule has 0 aromatic carbocycles. The Bertz CT molecular complexity index is 299. The zero-order valence-electron chi connectivity index (χ0n) is 13.9. The van der Waals surface area contributed by atoms with Crippen molar-refractivity contribution in [2.24, 2.45) is 0 Å². The van der Waals surface area contributed by atoms with Crippen LogP contribution in [0.2, 0.25) is 0 Å². The van der Waals surface area contributed by atoms with Crippen LogP contribution in [0.15, 0.2) is 12.7 Å². The van der Waals surface area contributed by atoms with E-state index >= 15 is 0 Å². The van der Waals surface area contributed by atoms with Crippen LogP contribution in [0.25, 0.3) is 0 Å². The number of hydrogen-bond donors (Lipinski definition) is 1. The molecule has 0 heterocycles. The fourth-order valence-corrected chi connectivity index (χ4v) is 2.38. The van der Waals surface area contributed by atoms with Crippen LogP contribution in [0.1, 0.15) is 83.5 Å². The molecule has 4 heteroatoms. The van der Waals surface area contributed by atoms with E-state index in [2.05, 4.69) is 6.58 Å². The number of rotatable bonds is 16. The van der Waals surface area contributed by atoms with Gasteiger partial charge in [0, 0.05) is 12.5 Å². The van der Waals surface area contributed by atoms with E-state index in [0.29, 0.717) is 13.0 Å². The Morgan fingerprint density at radius 2 is 1.18 bits per heavy atom. The predicted molar refractivity (Wildman–Crippen MR) is 88.8 cm³/mol. The number of carbonyl (C=O) groups is 2. The highest BCUT2D eigenvalue weighted by atomic mass is 16.5. The van der Waals surface area contributed by atoms with Crippen LogP contribution < -0.4 is 0 Å². The first-order valence-corrected chi connectivity index (χ1v) is 8.68. The van der Waals surface area contributed by atoms with Crippen molar-refractivity contribution < 1.29 is 19.4 Å². The number of carbonyl (C=O) groups excluding carboxylic acids is 1. The van der Waals surface area contributed by atoms with Gasteiger partial charge in [0.15, 0.2) is 0 Å². The lowest BCUT2D eigenvalue weighted by Gasteiger charge is -2.03. The highest BCUT2D eigenvalue weighted by Gasteiger charge is 1.97. The van der Waals surface area contributed by atoms with Gasteiger partial charge in [0.1, 0.15) is 0 Å². The Morgan fingerprint density at radius 1 is 0.773 bits per heavy atom. The van der Waals surface area contributed by atoms with Crippen molar-refractivity contribution in [1.29, 1.82) is 0 Å². The molecule has 0 saturated heterocycles. The molecule has 128 valence electrons. The van der Waals surface area contributed by atoms with Crippen molar-refractivity contribution in [1.82, 2.24) is 0 Å². The lowest BCUT2D eigenvalue weighted by Crippen LogP contribution is -2.01. The molecule has 0 unspecified atom stereocenters. The standard InChI is InChI=1S/C18H32O4/c1-2-18(21)22-16-14-12-10-8-6-4-3-5-7-9-11-13-15-17(19)20/h2H,1,3-16H2,(H,19,20). The molecule has 0 aromatic heterocycles. The van der Waals surface area contributed by atoms with Gasteiger partial charge in [-0.3, -0.25) is 4.79 Å². The molecule has 22 heavy (non-hydrogen) atoms. The van der Waals surface area contributed by atoms with Crippen LogP contribution in [0.4, 0.5) is 0 Å². The van der Waals surface area contributed by atoms with Crippen molar-refractivity contribution in [3.8, 4) is 0 Å². The van der Waals surface area contributed by atoms with E-state index in [-0.39, 0.29) is 5.97 Å². The normalized spacial score (nSPS) is 10.4. The second kappa shape index (κ2) is 16.1. The summed E-state index contributed by atoms with van der Waals surface area (Å²) in [6.07, 6.45) is 15.4. The average molecular weight is 312 g/mol. The fraction of sp³-hybridized carbons (Fsp3) is 0.778. The smallest absolute Gasteiger partial charge is 0.330 e. The van der Waals surface area contributed by atoms with Gasteiger partial charge in [-0.25, -0.2) is 4.79 Å². The zero-order chi connectivity index (χ0) is 16.5.